The lowest BCUT2D eigenvalue weighted by molar-refractivity contribution is -0.121. The Hall–Kier alpha value is -1.76. The van der Waals surface area contributed by atoms with E-state index in [9.17, 15) is 13.2 Å². The minimum Gasteiger partial charge on any atom is -0.497 e. The Balaban J connectivity index is 0.00000341. The van der Waals surface area contributed by atoms with Crippen molar-refractivity contribution in [3.05, 3.63) is 24.3 Å². The van der Waals surface area contributed by atoms with Crippen LogP contribution in [-0.2, 0) is 14.6 Å². The Morgan fingerprint density at radius 3 is 2.61 bits per heavy atom. The maximum Gasteiger partial charge on any atom is 0.222 e. The minimum absolute atomic E-state index is 0. The molecule has 2 N–H and O–H groups in total. The van der Waals surface area contributed by atoms with E-state index in [2.05, 4.69) is 31.5 Å². The van der Waals surface area contributed by atoms with Gasteiger partial charge in [0.15, 0.2) is 15.8 Å². The molecular weight excluding hydrogens is 533 g/mol. The quantitative estimate of drug-likeness (QED) is 0.298. The fraction of sp³-hybridized carbons (Fsp3) is 0.600. The van der Waals surface area contributed by atoms with E-state index in [0.29, 0.717) is 13.0 Å². The number of nitrogens with one attached hydrogen (secondary N) is 2. The van der Waals surface area contributed by atoms with Crippen molar-refractivity contribution in [1.29, 1.82) is 0 Å². The number of rotatable bonds is 6. The summed E-state index contributed by atoms with van der Waals surface area (Å²) in [4.78, 5) is 20.9. The Morgan fingerprint density at radius 1 is 1.26 bits per heavy atom. The second-order valence-electron chi connectivity index (χ2n) is 7.57. The molecule has 1 unspecified atom stereocenters. The monoisotopic (exact) mass is 565 g/mol. The fourth-order valence-electron chi connectivity index (χ4n) is 3.81. The molecule has 2 fully saturated rings. The van der Waals surface area contributed by atoms with E-state index in [4.69, 9.17) is 4.74 Å². The van der Waals surface area contributed by atoms with E-state index in [-0.39, 0.29) is 53.9 Å². The molecule has 2 aliphatic rings. The van der Waals surface area contributed by atoms with Gasteiger partial charge in [0.2, 0.25) is 5.91 Å². The largest absolute Gasteiger partial charge is 0.497 e. The summed E-state index contributed by atoms with van der Waals surface area (Å²) in [5, 5.41) is 6.05. The predicted octanol–water partition coefficient (Wildman–Crippen LogP) is 0.704. The third-order valence-electron chi connectivity index (χ3n) is 5.44. The van der Waals surface area contributed by atoms with E-state index in [1.165, 1.54) is 0 Å². The molecule has 1 amide bonds. The number of carbonyl (C=O) groups is 1. The summed E-state index contributed by atoms with van der Waals surface area (Å²) in [5.41, 5.74) is 1.14. The van der Waals surface area contributed by atoms with Gasteiger partial charge in [0.05, 0.1) is 18.6 Å². The SMILES string of the molecule is CN=C(NCCC(=O)NC1CCS(=O)(=O)C1)N1CCN(c2cccc(OC)c2)CC1.I. The van der Waals surface area contributed by atoms with Crippen LogP contribution in [0.1, 0.15) is 12.8 Å². The van der Waals surface area contributed by atoms with Crippen molar-refractivity contribution in [3.63, 3.8) is 0 Å². The van der Waals surface area contributed by atoms with Crippen molar-refractivity contribution >= 4 is 51.4 Å². The number of piperazine rings is 1. The first-order valence-electron chi connectivity index (χ1n) is 10.2. The summed E-state index contributed by atoms with van der Waals surface area (Å²) in [7, 11) is 0.416. The number of anilines is 1. The number of amides is 1. The molecule has 2 aliphatic heterocycles. The third-order valence-corrected chi connectivity index (χ3v) is 7.21. The molecule has 1 aromatic rings. The zero-order chi connectivity index (χ0) is 21.6. The van der Waals surface area contributed by atoms with Crippen LogP contribution in [0.15, 0.2) is 29.3 Å². The van der Waals surface area contributed by atoms with Crippen molar-refractivity contribution in [3.8, 4) is 5.75 Å². The van der Waals surface area contributed by atoms with Gasteiger partial charge >= 0.3 is 0 Å². The van der Waals surface area contributed by atoms with Gasteiger partial charge in [-0.05, 0) is 18.6 Å². The molecular formula is C20H32IN5O4S. The normalized spacial score (nSPS) is 20.7. The van der Waals surface area contributed by atoms with Crippen molar-refractivity contribution in [2.45, 2.75) is 18.9 Å². The first kappa shape index (κ1) is 25.5. The summed E-state index contributed by atoms with van der Waals surface area (Å²) in [6.45, 7) is 3.83. The summed E-state index contributed by atoms with van der Waals surface area (Å²) in [5.74, 6) is 1.69. The Morgan fingerprint density at radius 2 is 2.00 bits per heavy atom. The van der Waals surface area contributed by atoms with Crippen LogP contribution in [0.3, 0.4) is 0 Å². The molecule has 174 valence electrons. The molecule has 0 radical (unpaired) electrons. The van der Waals surface area contributed by atoms with Gasteiger partial charge in [-0.2, -0.15) is 0 Å². The molecule has 2 saturated heterocycles. The van der Waals surface area contributed by atoms with Gasteiger partial charge in [0.1, 0.15) is 5.75 Å². The van der Waals surface area contributed by atoms with Gasteiger partial charge in [-0.3, -0.25) is 9.79 Å². The number of hydrogen-bond donors (Lipinski definition) is 2. The van der Waals surface area contributed by atoms with Crippen molar-refractivity contribution < 1.29 is 17.9 Å². The number of benzene rings is 1. The lowest BCUT2D eigenvalue weighted by Crippen LogP contribution is -2.53. The average Bonchev–Trinajstić information content (AvgIpc) is 3.09. The van der Waals surface area contributed by atoms with Crippen molar-refractivity contribution in [1.82, 2.24) is 15.5 Å². The van der Waals surface area contributed by atoms with E-state index in [1.807, 2.05) is 18.2 Å². The third kappa shape index (κ3) is 7.41. The molecule has 0 spiro atoms. The Kier molecular flexibility index (Phi) is 9.66. The number of guanidine groups is 1. The number of sulfone groups is 1. The molecule has 0 aliphatic carbocycles. The Labute approximate surface area is 201 Å². The molecule has 0 aromatic heterocycles. The number of ether oxygens (including phenoxy) is 1. The van der Waals surface area contributed by atoms with E-state index >= 15 is 0 Å². The van der Waals surface area contributed by atoms with Crippen LogP contribution in [0, 0.1) is 0 Å². The van der Waals surface area contributed by atoms with E-state index in [0.717, 1.165) is 43.6 Å². The van der Waals surface area contributed by atoms with Gasteiger partial charge in [0.25, 0.3) is 0 Å². The smallest absolute Gasteiger partial charge is 0.222 e. The van der Waals surface area contributed by atoms with Gasteiger partial charge in [-0.25, -0.2) is 8.42 Å². The predicted molar refractivity (Wildman–Crippen MR) is 133 cm³/mol. The summed E-state index contributed by atoms with van der Waals surface area (Å²) >= 11 is 0. The Bertz CT molecular complexity index is 872. The highest BCUT2D eigenvalue weighted by molar-refractivity contribution is 14.0. The molecule has 0 bridgehead atoms. The standard InChI is InChI=1S/C20H31N5O4S.HI/c1-21-20(22-8-6-19(26)23-16-7-13-30(27,28)15-16)25-11-9-24(10-12-25)17-4-3-5-18(14-17)29-2;/h3-5,14,16H,6-13,15H2,1-2H3,(H,21,22)(H,23,26);1H. The van der Waals surface area contributed by atoms with Crippen LogP contribution in [0.4, 0.5) is 5.69 Å². The summed E-state index contributed by atoms with van der Waals surface area (Å²) in [6.07, 6.45) is 0.778. The number of nitrogens with zero attached hydrogens (tertiary/aromatic N) is 3. The molecule has 0 saturated carbocycles. The molecule has 31 heavy (non-hydrogen) atoms. The lowest BCUT2D eigenvalue weighted by Gasteiger charge is -2.37. The highest BCUT2D eigenvalue weighted by Gasteiger charge is 2.28. The zero-order valence-electron chi connectivity index (χ0n) is 18.0. The minimum atomic E-state index is -2.99. The molecule has 2 heterocycles. The first-order chi connectivity index (χ1) is 14.4. The van der Waals surface area contributed by atoms with Gasteiger partial charge < -0.3 is 25.2 Å². The number of halogens is 1. The maximum atomic E-state index is 12.1. The lowest BCUT2D eigenvalue weighted by atomic mass is 10.2. The number of methoxy groups -OCH3 is 1. The fourth-order valence-corrected chi connectivity index (χ4v) is 5.49. The van der Waals surface area contributed by atoms with Crippen molar-refractivity contribution in [2.75, 3.05) is 63.3 Å². The second kappa shape index (κ2) is 11.7. The zero-order valence-corrected chi connectivity index (χ0v) is 21.2. The number of carbonyl (C=O) groups excluding carboxylic acids is 1. The first-order valence-corrected chi connectivity index (χ1v) is 12.1. The van der Waals surface area contributed by atoms with E-state index in [1.54, 1.807) is 14.2 Å². The van der Waals surface area contributed by atoms with Crippen LogP contribution in [0.5, 0.6) is 5.75 Å². The maximum absolute atomic E-state index is 12.1. The van der Waals surface area contributed by atoms with Crippen molar-refractivity contribution in [2.24, 2.45) is 4.99 Å². The number of aliphatic imine (C=N–C) groups is 1. The molecule has 11 heteroatoms. The van der Waals surface area contributed by atoms with Crippen LogP contribution in [0.25, 0.3) is 0 Å². The van der Waals surface area contributed by atoms with Gasteiger partial charge in [-0.1, -0.05) is 6.07 Å². The molecule has 9 nitrogen and oxygen atoms in total. The molecule has 1 atom stereocenters. The highest BCUT2D eigenvalue weighted by atomic mass is 127. The molecule has 1 aromatic carbocycles. The average molecular weight is 565 g/mol. The van der Waals surface area contributed by atoms with Crippen LogP contribution >= 0.6 is 24.0 Å². The van der Waals surface area contributed by atoms with Crippen LogP contribution in [-0.4, -0.2) is 89.6 Å². The van der Waals surface area contributed by atoms with E-state index < -0.39 is 9.84 Å². The summed E-state index contributed by atoms with van der Waals surface area (Å²) in [6, 6.07) is 7.79. The van der Waals surface area contributed by atoms with Gasteiger partial charge in [-0.15, -0.1) is 24.0 Å². The number of hydrogen-bond acceptors (Lipinski definition) is 6. The highest BCUT2D eigenvalue weighted by Crippen LogP contribution is 2.22. The van der Waals surface area contributed by atoms with Crippen LogP contribution in [0.2, 0.25) is 0 Å². The second-order valence-corrected chi connectivity index (χ2v) is 9.80. The van der Waals surface area contributed by atoms with Crippen LogP contribution < -0.4 is 20.3 Å². The summed E-state index contributed by atoms with van der Waals surface area (Å²) < 4.78 is 28.3. The van der Waals surface area contributed by atoms with Gasteiger partial charge in [0, 0.05) is 64.0 Å². The molecule has 3 rings (SSSR count). The topological polar surface area (TPSA) is 103 Å².